The molecule has 2 heterocycles. The summed E-state index contributed by atoms with van der Waals surface area (Å²) < 4.78 is 24.7. The number of rotatable bonds is 4. The van der Waals surface area contributed by atoms with Crippen molar-refractivity contribution in [2.45, 2.75) is 12.8 Å². The smallest absolute Gasteiger partial charge is 0.230 e. The van der Waals surface area contributed by atoms with E-state index in [-0.39, 0.29) is 18.4 Å². The van der Waals surface area contributed by atoms with Gasteiger partial charge in [-0.05, 0) is 12.8 Å². The topological polar surface area (TPSA) is 92.3 Å². The number of nitrogens with zero attached hydrogens (tertiary/aromatic N) is 3. The van der Waals surface area contributed by atoms with Crippen molar-refractivity contribution in [3.63, 3.8) is 0 Å². The summed E-state index contributed by atoms with van der Waals surface area (Å²) in [4.78, 5) is 12.4. The summed E-state index contributed by atoms with van der Waals surface area (Å²) in [5.74, 6) is -0.573. The normalized spacial score (nSPS) is 19.1. The summed E-state index contributed by atoms with van der Waals surface area (Å²) in [6.07, 6.45) is 2.52. The van der Waals surface area contributed by atoms with E-state index in [1.54, 1.807) is 0 Å². The molecule has 0 aliphatic carbocycles. The minimum absolute atomic E-state index is 0.209. The second-order valence-electron chi connectivity index (χ2n) is 5.73. The van der Waals surface area contributed by atoms with Crippen LogP contribution in [0.5, 0.6) is 0 Å². The number of nitrogens with one attached hydrogen (secondary N) is 1. The highest BCUT2D eigenvalue weighted by atomic mass is 32.2. The van der Waals surface area contributed by atoms with Crippen molar-refractivity contribution in [3.8, 4) is 10.6 Å². The molecule has 3 rings (SSSR count). The van der Waals surface area contributed by atoms with E-state index >= 15 is 0 Å². The first kappa shape index (κ1) is 17.0. The molecule has 1 N–H and O–H groups in total. The second-order valence-corrected chi connectivity index (χ2v) is 8.69. The fourth-order valence-corrected chi connectivity index (χ4v) is 4.30. The molecule has 0 radical (unpaired) electrons. The van der Waals surface area contributed by atoms with E-state index in [1.165, 1.54) is 21.9 Å². The molecule has 1 aromatic carbocycles. The predicted octanol–water partition coefficient (Wildman–Crippen LogP) is 1.82. The van der Waals surface area contributed by atoms with Gasteiger partial charge in [0, 0.05) is 18.7 Å². The van der Waals surface area contributed by atoms with Crippen molar-refractivity contribution in [3.05, 3.63) is 30.3 Å². The van der Waals surface area contributed by atoms with Gasteiger partial charge >= 0.3 is 0 Å². The molecule has 7 nitrogen and oxygen atoms in total. The number of benzene rings is 1. The lowest BCUT2D eigenvalue weighted by Crippen LogP contribution is -2.43. The van der Waals surface area contributed by atoms with Gasteiger partial charge in [0.15, 0.2) is 0 Å². The molecule has 1 unspecified atom stereocenters. The number of amides is 1. The number of carbonyl (C=O) groups excluding carboxylic acids is 1. The lowest BCUT2D eigenvalue weighted by atomic mass is 9.99. The highest BCUT2D eigenvalue weighted by Crippen LogP contribution is 2.27. The van der Waals surface area contributed by atoms with Gasteiger partial charge in [0.05, 0.1) is 12.2 Å². The van der Waals surface area contributed by atoms with Crippen LogP contribution in [0.25, 0.3) is 10.6 Å². The zero-order chi connectivity index (χ0) is 17.2. The number of hydrogen-bond acceptors (Lipinski definition) is 6. The largest absolute Gasteiger partial charge is 0.300 e. The summed E-state index contributed by atoms with van der Waals surface area (Å²) in [7, 11) is -3.27. The van der Waals surface area contributed by atoms with E-state index in [2.05, 4.69) is 15.5 Å². The minimum Gasteiger partial charge on any atom is -0.300 e. The fraction of sp³-hybridized carbons (Fsp3) is 0.400. The Morgan fingerprint density at radius 3 is 2.75 bits per heavy atom. The highest BCUT2D eigenvalue weighted by molar-refractivity contribution is 7.88. The van der Waals surface area contributed by atoms with Gasteiger partial charge in [-0.3, -0.25) is 4.79 Å². The molecule has 128 valence electrons. The average Bonchev–Trinajstić information content (AvgIpc) is 3.03. The molecule has 1 aliphatic rings. The molecule has 1 amide bonds. The van der Waals surface area contributed by atoms with Crippen LogP contribution >= 0.6 is 11.3 Å². The highest BCUT2D eigenvalue weighted by Gasteiger charge is 2.30. The first-order chi connectivity index (χ1) is 11.4. The maximum Gasteiger partial charge on any atom is 0.230 e. The number of anilines is 1. The van der Waals surface area contributed by atoms with Gasteiger partial charge in [-0.1, -0.05) is 41.7 Å². The first-order valence-corrected chi connectivity index (χ1v) is 10.2. The average molecular weight is 366 g/mol. The lowest BCUT2D eigenvalue weighted by molar-refractivity contribution is -0.120. The molecular weight excluding hydrogens is 348 g/mol. The zero-order valence-electron chi connectivity index (χ0n) is 13.2. The van der Waals surface area contributed by atoms with Gasteiger partial charge in [-0.2, -0.15) is 0 Å². The Morgan fingerprint density at radius 2 is 2.04 bits per heavy atom. The van der Waals surface area contributed by atoms with Crippen molar-refractivity contribution < 1.29 is 13.2 Å². The molecule has 0 bridgehead atoms. The van der Waals surface area contributed by atoms with Crippen LogP contribution in [-0.4, -0.2) is 48.2 Å². The second kappa shape index (κ2) is 6.96. The zero-order valence-corrected chi connectivity index (χ0v) is 14.8. The predicted molar refractivity (Wildman–Crippen MR) is 93.1 cm³/mol. The van der Waals surface area contributed by atoms with Gasteiger partial charge in [0.1, 0.15) is 5.01 Å². The van der Waals surface area contributed by atoms with Crippen LogP contribution in [0.1, 0.15) is 12.8 Å². The van der Waals surface area contributed by atoms with Crippen molar-refractivity contribution in [2.24, 2.45) is 5.92 Å². The van der Waals surface area contributed by atoms with Crippen LogP contribution in [0.2, 0.25) is 0 Å². The maximum absolute atomic E-state index is 12.4. The van der Waals surface area contributed by atoms with Crippen molar-refractivity contribution in [1.29, 1.82) is 0 Å². The van der Waals surface area contributed by atoms with Crippen molar-refractivity contribution in [1.82, 2.24) is 14.5 Å². The molecule has 9 heteroatoms. The van der Waals surface area contributed by atoms with E-state index in [9.17, 15) is 13.2 Å². The SMILES string of the molecule is CS(=O)(=O)N1CCCC(C(=O)Nc2nnc(-c3ccccc3)s2)C1. The number of hydrogen-bond donors (Lipinski definition) is 1. The van der Waals surface area contributed by atoms with E-state index in [0.717, 1.165) is 10.6 Å². The Morgan fingerprint density at radius 1 is 1.29 bits per heavy atom. The minimum atomic E-state index is -3.27. The van der Waals surface area contributed by atoms with Crippen LogP contribution in [0.4, 0.5) is 5.13 Å². The van der Waals surface area contributed by atoms with Gasteiger partial charge in [0.2, 0.25) is 21.1 Å². The Kier molecular flexibility index (Phi) is 4.93. The first-order valence-electron chi connectivity index (χ1n) is 7.58. The molecule has 2 aromatic rings. The number of piperidine rings is 1. The molecule has 1 aliphatic heterocycles. The molecule has 1 atom stereocenters. The third-order valence-corrected chi connectivity index (χ3v) is 6.06. The molecule has 24 heavy (non-hydrogen) atoms. The molecule has 1 fully saturated rings. The standard InChI is InChI=1S/C15H18N4O3S2/c1-24(21,22)19-9-5-8-12(10-19)13(20)16-15-18-17-14(23-15)11-6-3-2-4-7-11/h2-4,6-7,12H,5,8-10H2,1H3,(H,16,18,20). The van der Waals surface area contributed by atoms with Crippen LogP contribution in [-0.2, 0) is 14.8 Å². The summed E-state index contributed by atoms with van der Waals surface area (Å²) in [5.41, 5.74) is 0.941. The third-order valence-electron chi connectivity index (χ3n) is 3.90. The van der Waals surface area contributed by atoms with Crippen LogP contribution in [0, 0.1) is 5.92 Å². The molecule has 0 saturated carbocycles. The Balaban J connectivity index is 1.66. The lowest BCUT2D eigenvalue weighted by Gasteiger charge is -2.29. The van der Waals surface area contributed by atoms with Gasteiger partial charge in [0.25, 0.3) is 0 Å². The van der Waals surface area contributed by atoms with Gasteiger partial charge < -0.3 is 5.32 Å². The third kappa shape index (κ3) is 3.97. The van der Waals surface area contributed by atoms with Crippen LogP contribution in [0.3, 0.4) is 0 Å². The maximum atomic E-state index is 12.4. The Bertz CT molecular complexity index is 820. The fourth-order valence-electron chi connectivity index (χ4n) is 2.64. The van der Waals surface area contributed by atoms with E-state index < -0.39 is 10.0 Å². The van der Waals surface area contributed by atoms with Gasteiger partial charge in [-0.15, -0.1) is 10.2 Å². The van der Waals surface area contributed by atoms with Crippen molar-refractivity contribution >= 4 is 32.4 Å². The number of sulfonamides is 1. The molecule has 1 saturated heterocycles. The summed E-state index contributed by atoms with van der Waals surface area (Å²) in [6, 6.07) is 9.60. The summed E-state index contributed by atoms with van der Waals surface area (Å²) in [5, 5.41) is 12.0. The quantitative estimate of drug-likeness (QED) is 0.891. The van der Waals surface area contributed by atoms with Crippen molar-refractivity contribution in [2.75, 3.05) is 24.7 Å². The van der Waals surface area contributed by atoms with Crippen LogP contribution < -0.4 is 5.32 Å². The molecule has 1 aromatic heterocycles. The van der Waals surface area contributed by atoms with E-state index in [4.69, 9.17) is 0 Å². The Labute approximate surface area is 144 Å². The number of carbonyl (C=O) groups is 1. The van der Waals surface area contributed by atoms with Gasteiger partial charge in [-0.25, -0.2) is 12.7 Å². The monoisotopic (exact) mass is 366 g/mol. The summed E-state index contributed by atoms with van der Waals surface area (Å²) in [6.45, 7) is 0.689. The summed E-state index contributed by atoms with van der Waals surface area (Å²) >= 11 is 1.30. The van der Waals surface area contributed by atoms with Crippen LogP contribution in [0.15, 0.2) is 30.3 Å². The Hall–Kier alpha value is -1.84. The van der Waals surface area contributed by atoms with E-state index in [0.29, 0.717) is 24.5 Å². The molecular formula is C15H18N4O3S2. The molecule has 0 spiro atoms. The number of aromatic nitrogens is 2. The van der Waals surface area contributed by atoms with E-state index in [1.807, 2.05) is 30.3 Å².